The van der Waals surface area contributed by atoms with Crippen LogP contribution in [0.5, 0.6) is 11.5 Å². The Bertz CT molecular complexity index is 649. The number of methoxy groups -OCH3 is 1. The second-order valence-electron chi connectivity index (χ2n) is 5.17. The van der Waals surface area contributed by atoms with Crippen molar-refractivity contribution >= 4 is 15.9 Å². The molecular weight excluding hydrogens is 361 g/mol. The highest BCUT2D eigenvalue weighted by Gasteiger charge is 2.13. The summed E-state index contributed by atoms with van der Waals surface area (Å²) in [6.45, 7) is 4.00. The van der Waals surface area contributed by atoms with Crippen molar-refractivity contribution in [3.63, 3.8) is 0 Å². The van der Waals surface area contributed by atoms with E-state index in [0.717, 1.165) is 29.5 Å². The van der Waals surface area contributed by atoms with Crippen LogP contribution in [0.15, 0.2) is 40.9 Å². The lowest BCUT2D eigenvalue weighted by Gasteiger charge is -2.15. The van der Waals surface area contributed by atoms with Gasteiger partial charge >= 0.3 is 0 Å². The Morgan fingerprint density at radius 3 is 2.70 bits per heavy atom. The largest absolute Gasteiger partial charge is 0.493 e. The monoisotopic (exact) mass is 381 g/mol. The molecule has 0 heterocycles. The first-order valence-corrected chi connectivity index (χ1v) is 8.38. The molecule has 0 aliphatic carbocycles. The minimum absolute atomic E-state index is 0.148. The maximum Gasteiger partial charge on any atom is 0.175 e. The van der Waals surface area contributed by atoms with E-state index >= 15 is 0 Å². The molecule has 0 unspecified atom stereocenters. The molecule has 2 aromatic rings. The Morgan fingerprint density at radius 1 is 1.22 bits per heavy atom. The third-order valence-electron chi connectivity index (χ3n) is 3.37. The zero-order valence-electron chi connectivity index (χ0n) is 13.4. The highest BCUT2D eigenvalue weighted by Crippen LogP contribution is 2.37. The van der Waals surface area contributed by atoms with Gasteiger partial charge in [-0.1, -0.05) is 25.1 Å². The van der Waals surface area contributed by atoms with Crippen molar-refractivity contribution < 1.29 is 13.9 Å². The Balaban J connectivity index is 2.13. The van der Waals surface area contributed by atoms with E-state index in [-0.39, 0.29) is 12.4 Å². The molecule has 0 radical (unpaired) electrons. The Hall–Kier alpha value is -1.59. The van der Waals surface area contributed by atoms with E-state index in [2.05, 4.69) is 28.2 Å². The summed E-state index contributed by atoms with van der Waals surface area (Å²) in [4.78, 5) is 0. The van der Waals surface area contributed by atoms with Gasteiger partial charge in [-0.05, 0) is 52.7 Å². The second kappa shape index (κ2) is 8.89. The van der Waals surface area contributed by atoms with Crippen molar-refractivity contribution in [2.75, 3.05) is 13.7 Å². The first-order chi connectivity index (χ1) is 11.2. The lowest BCUT2D eigenvalue weighted by Crippen LogP contribution is -2.14. The minimum Gasteiger partial charge on any atom is -0.493 e. The van der Waals surface area contributed by atoms with Crippen molar-refractivity contribution in [1.82, 2.24) is 5.32 Å². The van der Waals surface area contributed by atoms with Gasteiger partial charge in [0.05, 0.1) is 11.6 Å². The van der Waals surface area contributed by atoms with Crippen LogP contribution in [0.4, 0.5) is 4.39 Å². The molecule has 2 aromatic carbocycles. The quantitative estimate of drug-likeness (QED) is 0.673. The van der Waals surface area contributed by atoms with Crippen molar-refractivity contribution in [3.8, 4) is 11.5 Å². The van der Waals surface area contributed by atoms with Crippen LogP contribution in [0.1, 0.15) is 24.5 Å². The van der Waals surface area contributed by atoms with E-state index in [1.165, 1.54) is 6.07 Å². The average Bonchev–Trinajstić information content (AvgIpc) is 2.55. The molecule has 5 heteroatoms. The van der Waals surface area contributed by atoms with Crippen LogP contribution in [0.25, 0.3) is 0 Å². The molecule has 1 N–H and O–H groups in total. The molecule has 0 aromatic heterocycles. The zero-order chi connectivity index (χ0) is 16.7. The highest BCUT2D eigenvalue weighted by molar-refractivity contribution is 9.10. The normalized spacial score (nSPS) is 10.6. The Kier molecular flexibility index (Phi) is 6.86. The van der Waals surface area contributed by atoms with Crippen LogP contribution >= 0.6 is 15.9 Å². The fourth-order valence-electron chi connectivity index (χ4n) is 2.19. The van der Waals surface area contributed by atoms with Gasteiger partial charge in [-0.25, -0.2) is 4.39 Å². The summed E-state index contributed by atoms with van der Waals surface area (Å²) in [6.07, 6.45) is 1.09. The Morgan fingerprint density at radius 2 is 2.00 bits per heavy atom. The first kappa shape index (κ1) is 17.8. The molecule has 124 valence electrons. The molecule has 0 bridgehead atoms. The van der Waals surface area contributed by atoms with Gasteiger partial charge in [-0.3, -0.25) is 0 Å². The van der Waals surface area contributed by atoms with Crippen LogP contribution in [0.2, 0.25) is 0 Å². The Labute approximate surface area is 144 Å². The second-order valence-corrected chi connectivity index (χ2v) is 6.02. The van der Waals surface area contributed by atoms with Crippen molar-refractivity contribution in [3.05, 3.63) is 57.8 Å². The van der Waals surface area contributed by atoms with Gasteiger partial charge in [0.25, 0.3) is 0 Å². The predicted octanol–water partition coefficient (Wildman–Crippen LogP) is 4.68. The average molecular weight is 382 g/mol. The van der Waals surface area contributed by atoms with Crippen molar-refractivity contribution in [1.29, 1.82) is 0 Å². The summed E-state index contributed by atoms with van der Waals surface area (Å²) in [5, 5.41) is 3.35. The van der Waals surface area contributed by atoms with Gasteiger partial charge in [0.15, 0.2) is 11.5 Å². The topological polar surface area (TPSA) is 30.5 Å². The number of halogens is 2. The van der Waals surface area contributed by atoms with E-state index in [9.17, 15) is 4.39 Å². The van der Waals surface area contributed by atoms with Crippen LogP contribution in [0.3, 0.4) is 0 Å². The fourth-order valence-corrected chi connectivity index (χ4v) is 2.79. The molecule has 23 heavy (non-hydrogen) atoms. The molecule has 0 atom stereocenters. The molecule has 3 nitrogen and oxygen atoms in total. The van der Waals surface area contributed by atoms with Gasteiger partial charge < -0.3 is 14.8 Å². The fraction of sp³-hybridized carbons (Fsp3) is 0.333. The van der Waals surface area contributed by atoms with E-state index in [1.807, 2.05) is 12.1 Å². The van der Waals surface area contributed by atoms with Crippen molar-refractivity contribution in [2.24, 2.45) is 0 Å². The molecule has 0 fully saturated rings. The maximum atomic E-state index is 13.7. The number of rotatable bonds is 8. The van der Waals surface area contributed by atoms with Gasteiger partial charge in [0.2, 0.25) is 0 Å². The number of nitrogens with one attached hydrogen (secondary N) is 1. The standard InChI is InChI=1S/C18H21BrFNO2/c1-3-8-21-11-13-9-15(19)18(17(10-13)22-2)23-12-14-6-4-5-7-16(14)20/h4-7,9-10,21H,3,8,11-12H2,1-2H3. The molecule has 0 aliphatic rings. The number of hydrogen-bond donors (Lipinski definition) is 1. The van der Waals surface area contributed by atoms with Crippen LogP contribution in [-0.4, -0.2) is 13.7 Å². The zero-order valence-corrected chi connectivity index (χ0v) is 15.0. The maximum absolute atomic E-state index is 13.7. The molecular formula is C18H21BrFNO2. The van der Waals surface area contributed by atoms with Gasteiger partial charge in [-0.15, -0.1) is 0 Å². The highest BCUT2D eigenvalue weighted by atomic mass is 79.9. The van der Waals surface area contributed by atoms with Crippen LogP contribution < -0.4 is 14.8 Å². The van der Waals surface area contributed by atoms with Crippen LogP contribution in [-0.2, 0) is 13.2 Å². The predicted molar refractivity (Wildman–Crippen MR) is 93.4 cm³/mol. The number of ether oxygens (including phenoxy) is 2. The summed E-state index contributed by atoms with van der Waals surface area (Å²) < 4.78 is 25.7. The molecule has 0 amide bonds. The number of benzene rings is 2. The summed E-state index contributed by atoms with van der Waals surface area (Å²) in [6, 6.07) is 10.5. The smallest absolute Gasteiger partial charge is 0.175 e. The van der Waals surface area contributed by atoms with Gasteiger partial charge in [0.1, 0.15) is 12.4 Å². The van der Waals surface area contributed by atoms with Crippen LogP contribution in [0, 0.1) is 5.82 Å². The molecule has 0 saturated carbocycles. The lowest BCUT2D eigenvalue weighted by molar-refractivity contribution is 0.277. The summed E-state index contributed by atoms with van der Waals surface area (Å²) >= 11 is 3.51. The van der Waals surface area contributed by atoms with Gasteiger partial charge in [-0.2, -0.15) is 0 Å². The van der Waals surface area contributed by atoms with Gasteiger partial charge in [0, 0.05) is 12.1 Å². The minimum atomic E-state index is -0.275. The lowest BCUT2D eigenvalue weighted by atomic mass is 10.2. The van der Waals surface area contributed by atoms with Crippen molar-refractivity contribution in [2.45, 2.75) is 26.5 Å². The third kappa shape index (κ3) is 4.94. The molecule has 2 rings (SSSR count). The first-order valence-electron chi connectivity index (χ1n) is 7.59. The van der Waals surface area contributed by atoms with E-state index in [1.54, 1.807) is 25.3 Å². The molecule has 0 spiro atoms. The van der Waals surface area contributed by atoms with E-state index in [0.29, 0.717) is 17.1 Å². The summed E-state index contributed by atoms with van der Waals surface area (Å²) in [5.41, 5.74) is 1.61. The SMILES string of the molecule is CCCNCc1cc(Br)c(OCc2ccccc2F)c(OC)c1. The third-order valence-corrected chi connectivity index (χ3v) is 3.96. The molecule has 0 saturated heterocycles. The number of hydrogen-bond acceptors (Lipinski definition) is 3. The molecule has 0 aliphatic heterocycles. The summed E-state index contributed by atoms with van der Waals surface area (Å²) in [5.74, 6) is 0.932. The van der Waals surface area contributed by atoms with E-state index in [4.69, 9.17) is 9.47 Å². The summed E-state index contributed by atoms with van der Waals surface area (Å²) in [7, 11) is 1.60. The van der Waals surface area contributed by atoms with E-state index < -0.39 is 0 Å².